The number of nitrogens with one attached hydrogen (secondary N) is 1. The highest BCUT2D eigenvalue weighted by atomic mass is 35.5. The second kappa shape index (κ2) is 12.7. The van der Waals surface area contributed by atoms with E-state index in [9.17, 15) is 9.36 Å². The number of carbonyl (C=O) groups excluding carboxylic acids is 1. The lowest BCUT2D eigenvalue weighted by atomic mass is 10.1. The largest absolute Gasteiger partial charge is 0.462 e. The van der Waals surface area contributed by atoms with Crippen LogP contribution in [0, 0.1) is 0 Å². The lowest BCUT2D eigenvalue weighted by molar-refractivity contribution is -0.203. The van der Waals surface area contributed by atoms with Crippen molar-refractivity contribution in [3.63, 3.8) is 0 Å². The molecule has 42 heavy (non-hydrogen) atoms. The molecule has 0 bridgehead atoms. The Hall–Kier alpha value is -2.35. The van der Waals surface area contributed by atoms with Crippen LogP contribution in [-0.4, -0.2) is 75.8 Å². The van der Waals surface area contributed by atoms with Gasteiger partial charge in [0.1, 0.15) is 36.9 Å². The van der Waals surface area contributed by atoms with E-state index in [0.29, 0.717) is 28.4 Å². The van der Waals surface area contributed by atoms with Crippen LogP contribution in [0.15, 0.2) is 30.5 Å². The number of rotatable bonds is 12. The number of esters is 1. The number of fused-ring (bicyclic) bond motifs is 2. The van der Waals surface area contributed by atoms with E-state index in [4.69, 9.17) is 51.2 Å². The summed E-state index contributed by atoms with van der Waals surface area (Å²) in [6, 6.07) is 7.47. The number of carbonyl (C=O) groups is 1. The summed E-state index contributed by atoms with van der Waals surface area (Å²) in [5.41, 5.74) is 1.28. The molecule has 1 aromatic carbocycles. The maximum Gasteiger partial charge on any atom is 0.341 e. The van der Waals surface area contributed by atoms with Crippen LogP contribution >= 0.6 is 30.8 Å². The molecular formula is C26H32Cl2N5O8P. The Morgan fingerprint density at radius 1 is 1.12 bits per heavy atom. The zero-order valence-corrected chi connectivity index (χ0v) is 25.9. The van der Waals surface area contributed by atoms with Gasteiger partial charge in [-0.2, -0.15) is 15.1 Å². The summed E-state index contributed by atoms with van der Waals surface area (Å²) in [6.45, 7) is 7.36. The Kier molecular flexibility index (Phi) is 9.41. The van der Waals surface area contributed by atoms with Gasteiger partial charge in [-0.3, -0.25) is 9.36 Å². The number of anilines is 1. The highest BCUT2D eigenvalue weighted by Crippen LogP contribution is 2.48. The fraction of sp³-hybridized carbons (Fsp3) is 0.538. The van der Waals surface area contributed by atoms with E-state index in [2.05, 4.69) is 20.4 Å². The molecule has 2 saturated heterocycles. The monoisotopic (exact) mass is 643 g/mol. The van der Waals surface area contributed by atoms with Crippen molar-refractivity contribution in [2.45, 2.75) is 64.6 Å². The van der Waals surface area contributed by atoms with Crippen LogP contribution in [0.1, 0.15) is 39.5 Å². The number of ether oxygens (including phenoxy) is 4. The van der Waals surface area contributed by atoms with Crippen LogP contribution in [0.4, 0.5) is 5.82 Å². The first kappa shape index (κ1) is 31.1. The Bertz CT molecular complexity index is 1480. The van der Waals surface area contributed by atoms with Crippen molar-refractivity contribution in [1.82, 2.24) is 19.7 Å². The normalized spacial score (nSPS) is 23.3. The second-order valence-electron chi connectivity index (χ2n) is 10.0. The topological polar surface area (TPSA) is 145 Å². The van der Waals surface area contributed by atoms with Crippen LogP contribution in [0.5, 0.6) is 0 Å². The lowest BCUT2D eigenvalue weighted by Gasteiger charge is -2.24. The summed E-state index contributed by atoms with van der Waals surface area (Å²) in [6.07, 6.45) is -1.65. The summed E-state index contributed by atoms with van der Waals surface area (Å²) in [5.74, 6) is -1.22. The fourth-order valence-corrected chi connectivity index (χ4v) is 6.75. The maximum absolute atomic E-state index is 12.8. The number of halogens is 2. The second-order valence-corrected chi connectivity index (χ2v) is 12.8. The van der Waals surface area contributed by atoms with Crippen molar-refractivity contribution in [1.29, 1.82) is 0 Å². The summed E-state index contributed by atoms with van der Waals surface area (Å²) < 4.78 is 48.7. The van der Waals surface area contributed by atoms with E-state index < -0.39 is 50.1 Å². The molecule has 228 valence electrons. The lowest BCUT2D eigenvalue weighted by Crippen LogP contribution is -2.34. The molecular weight excluding hydrogens is 612 g/mol. The highest BCUT2D eigenvalue weighted by molar-refractivity contribution is 7.54. The van der Waals surface area contributed by atoms with E-state index in [1.165, 1.54) is 0 Å². The van der Waals surface area contributed by atoms with Crippen LogP contribution in [-0.2, 0) is 43.9 Å². The molecule has 2 fully saturated rings. The summed E-state index contributed by atoms with van der Waals surface area (Å²) >= 11 is 12.6. The van der Waals surface area contributed by atoms with Gasteiger partial charge in [0.05, 0.1) is 24.8 Å². The number of hydrogen-bond acceptors (Lipinski definition) is 12. The molecule has 13 nitrogen and oxygen atoms in total. The molecule has 1 N–H and O–H groups in total. The zero-order valence-electron chi connectivity index (χ0n) is 23.5. The molecule has 0 radical (unpaired) electrons. The SMILES string of the molecule is CCOP(=O)(CC(=O)OC[C@H]1O[C@@H](n2ncc3c(NCc4ccccc4Cl)nc(Cl)nc32)[C@@H]2OC(C)(C)O[C@@H]21)OCC. The first-order chi connectivity index (χ1) is 20.0. The van der Waals surface area contributed by atoms with Crippen molar-refractivity contribution in [2.24, 2.45) is 0 Å². The number of nitrogens with zero attached hydrogens (tertiary/aromatic N) is 4. The Labute approximate surface area is 252 Å². The molecule has 0 amide bonds. The third-order valence-corrected chi connectivity index (χ3v) is 9.07. The molecule has 0 unspecified atom stereocenters. The van der Waals surface area contributed by atoms with Gasteiger partial charge < -0.3 is 33.3 Å². The molecule has 2 aromatic heterocycles. The molecule has 0 spiro atoms. The average Bonchev–Trinajstić information content (AvgIpc) is 3.57. The highest BCUT2D eigenvalue weighted by Gasteiger charge is 2.57. The molecule has 3 aromatic rings. The zero-order chi connectivity index (χ0) is 30.1. The van der Waals surface area contributed by atoms with Crippen molar-refractivity contribution in [2.75, 3.05) is 31.3 Å². The van der Waals surface area contributed by atoms with Gasteiger partial charge in [-0.05, 0) is 50.9 Å². The molecule has 5 rings (SSSR count). The van der Waals surface area contributed by atoms with Crippen LogP contribution in [0.3, 0.4) is 0 Å². The number of aromatic nitrogens is 4. The third-order valence-electron chi connectivity index (χ3n) is 6.58. The molecule has 4 heterocycles. The molecule has 2 aliphatic rings. The molecule has 2 aliphatic heterocycles. The van der Waals surface area contributed by atoms with E-state index in [1.807, 2.05) is 24.3 Å². The van der Waals surface area contributed by atoms with Gasteiger partial charge in [0.2, 0.25) is 5.28 Å². The summed E-state index contributed by atoms with van der Waals surface area (Å²) in [5, 5.41) is 9.01. The van der Waals surface area contributed by atoms with E-state index in [-0.39, 0.29) is 25.1 Å². The maximum atomic E-state index is 12.8. The summed E-state index contributed by atoms with van der Waals surface area (Å²) in [7, 11) is -3.62. The fourth-order valence-electron chi connectivity index (χ4n) is 4.93. The third kappa shape index (κ3) is 6.74. The van der Waals surface area contributed by atoms with E-state index >= 15 is 0 Å². The molecule has 0 aliphatic carbocycles. The van der Waals surface area contributed by atoms with Crippen molar-refractivity contribution >= 4 is 53.6 Å². The molecule has 4 atom stereocenters. The van der Waals surface area contributed by atoms with Gasteiger partial charge in [0.15, 0.2) is 17.7 Å². The Morgan fingerprint density at radius 3 is 2.55 bits per heavy atom. The minimum Gasteiger partial charge on any atom is -0.462 e. The predicted molar refractivity (Wildman–Crippen MR) is 154 cm³/mol. The average molecular weight is 644 g/mol. The molecule has 0 saturated carbocycles. The van der Waals surface area contributed by atoms with Crippen LogP contribution in [0.25, 0.3) is 11.0 Å². The number of hydrogen-bond donors (Lipinski definition) is 1. The first-order valence-corrected chi connectivity index (χ1v) is 15.9. The van der Waals surface area contributed by atoms with Gasteiger partial charge in [-0.15, -0.1) is 0 Å². The predicted octanol–water partition coefficient (Wildman–Crippen LogP) is 4.97. The van der Waals surface area contributed by atoms with Crippen LogP contribution < -0.4 is 5.32 Å². The van der Waals surface area contributed by atoms with Crippen molar-refractivity contribution < 1.29 is 37.4 Å². The quantitative estimate of drug-likeness (QED) is 0.161. The van der Waals surface area contributed by atoms with E-state index in [0.717, 1.165) is 5.56 Å². The first-order valence-electron chi connectivity index (χ1n) is 13.5. The Balaban J connectivity index is 1.35. The minimum absolute atomic E-state index is 0.00267. The summed E-state index contributed by atoms with van der Waals surface area (Å²) in [4.78, 5) is 21.3. The van der Waals surface area contributed by atoms with Crippen molar-refractivity contribution in [3.05, 3.63) is 46.3 Å². The van der Waals surface area contributed by atoms with Gasteiger partial charge in [-0.25, -0.2) is 4.68 Å². The Morgan fingerprint density at radius 2 is 1.83 bits per heavy atom. The van der Waals surface area contributed by atoms with Gasteiger partial charge >= 0.3 is 13.6 Å². The van der Waals surface area contributed by atoms with Gasteiger partial charge in [0.25, 0.3) is 0 Å². The number of benzene rings is 1. The molecule has 16 heteroatoms. The standard InChI is InChI=1S/C26H32Cl2N5O8P/c1-5-37-42(35,38-6-2)14-19(34)36-13-18-20-21(41-26(3,4)40-20)24(39-18)33-23-16(12-30-33)22(31-25(28)32-23)29-11-15-9-7-8-10-17(15)27/h7-10,12,18,20-21,24H,5-6,11,13-14H2,1-4H3,(H,29,31,32)/t18-,20-,21-,24-/m1/s1. The minimum atomic E-state index is -3.62. The van der Waals surface area contributed by atoms with E-state index in [1.54, 1.807) is 38.6 Å². The van der Waals surface area contributed by atoms with Crippen molar-refractivity contribution in [3.8, 4) is 0 Å². The van der Waals surface area contributed by atoms with Crippen LogP contribution in [0.2, 0.25) is 10.3 Å². The smallest absolute Gasteiger partial charge is 0.341 e. The van der Waals surface area contributed by atoms with Gasteiger partial charge in [0, 0.05) is 11.6 Å². The van der Waals surface area contributed by atoms with Gasteiger partial charge in [-0.1, -0.05) is 29.8 Å².